The SMILES string of the molecule is Nc1c(C2=CCC(N3CCOCC3)CC2)c(C(F)(F)F)nn1-c1ncccn1. The third-order valence-electron chi connectivity index (χ3n) is 5.20. The average Bonchev–Trinajstić information content (AvgIpc) is 3.07. The predicted molar refractivity (Wildman–Crippen MR) is 96.6 cm³/mol. The molecule has 28 heavy (non-hydrogen) atoms. The number of nitrogens with zero attached hydrogens (tertiary/aromatic N) is 5. The first-order chi connectivity index (χ1) is 13.4. The third kappa shape index (κ3) is 3.61. The van der Waals surface area contributed by atoms with E-state index in [1.807, 2.05) is 6.08 Å². The van der Waals surface area contributed by atoms with Crippen molar-refractivity contribution in [3.63, 3.8) is 0 Å². The van der Waals surface area contributed by atoms with Crippen molar-refractivity contribution < 1.29 is 17.9 Å². The van der Waals surface area contributed by atoms with Crippen LogP contribution in [0.15, 0.2) is 24.5 Å². The Balaban J connectivity index is 1.67. The van der Waals surface area contributed by atoms with Crippen LogP contribution in [0, 0.1) is 0 Å². The maximum absolute atomic E-state index is 13.7. The molecule has 4 rings (SSSR count). The van der Waals surface area contributed by atoms with Crippen LogP contribution in [0.2, 0.25) is 0 Å². The van der Waals surface area contributed by atoms with Gasteiger partial charge in [-0.3, -0.25) is 4.90 Å². The molecule has 150 valence electrons. The van der Waals surface area contributed by atoms with E-state index in [1.54, 1.807) is 6.07 Å². The Morgan fingerprint density at radius 1 is 1.14 bits per heavy atom. The van der Waals surface area contributed by atoms with Gasteiger partial charge in [0.05, 0.1) is 18.8 Å². The number of ether oxygens (including phenoxy) is 1. The van der Waals surface area contributed by atoms with Crippen LogP contribution in [-0.4, -0.2) is 57.0 Å². The Hall–Kier alpha value is -2.46. The highest BCUT2D eigenvalue weighted by molar-refractivity contribution is 5.77. The molecule has 2 aromatic rings. The molecule has 1 aliphatic heterocycles. The van der Waals surface area contributed by atoms with Crippen LogP contribution in [0.3, 0.4) is 0 Å². The summed E-state index contributed by atoms with van der Waals surface area (Å²) >= 11 is 0. The standard InChI is InChI=1S/C18H21F3N6O/c19-18(20,21)15-14(16(22)27(25-15)17-23-6-1-7-24-17)12-2-4-13(5-3-12)26-8-10-28-11-9-26/h1-2,6-7,13H,3-5,8-11,22H2. The topological polar surface area (TPSA) is 82.1 Å². The van der Waals surface area contributed by atoms with Gasteiger partial charge in [0, 0.05) is 31.5 Å². The fourth-order valence-corrected chi connectivity index (χ4v) is 3.82. The number of aromatic nitrogens is 4. The normalized spacial score (nSPS) is 21.5. The molecular weight excluding hydrogens is 373 g/mol. The minimum Gasteiger partial charge on any atom is -0.383 e. The van der Waals surface area contributed by atoms with Gasteiger partial charge in [-0.05, 0) is 30.9 Å². The van der Waals surface area contributed by atoms with Gasteiger partial charge in [0.15, 0.2) is 5.69 Å². The van der Waals surface area contributed by atoms with E-state index in [2.05, 4.69) is 20.0 Å². The number of halogens is 3. The van der Waals surface area contributed by atoms with E-state index in [1.165, 1.54) is 12.4 Å². The molecule has 2 aromatic heterocycles. The summed E-state index contributed by atoms with van der Waals surface area (Å²) in [6.07, 6.45) is 2.07. The van der Waals surface area contributed by atoms with Gasteiger partial charge >= 0.3 is 6.18 Å². The van der Waals surface area contributed by atoms with Crippen molar-refractivity contribution in [2.24, 2.45) is 0 Å². The predicted octanol–water partition coefficient (Wildman–Crippen LogP) is 2.53. The molecule has 10 heteroatoms. The van der Waals surface area contributed by atoms with E-state index in [0.29, 0.717) is 37.7 Å². The molecule has 0 saturated carbocycles. The highest BCUT2D eigenvalue weighted by Crippen LogP contribution is 2.41. The van der Waals surface area contributed by atoms with E-state index in [-0.39, 0.29) is 17.3 Å². The third-order valence-corrected chi connectivity index (χ3v) is 5.20. The minimum atomic E-state index is -4.62. The molecule has 1 aliphatic carbocycles. The van der Waals surface area contributed by atoms with Crippen LogP contribution in [-0.2, 0) is 10.9 Å². The summed E-state index contributed by atoms with van der Waals surface area (Å²) in [5.41, 5.74) is 5.63. The molecule has 1 unspecified atom stereocenters. The number of allylic oxidation sites excluding steroid dienone is 1. The van der Waals surface area contributed by atoms with E-state index in [4.69, 9.17) is 10.5 Å². The van der Waals surface area contributed by atoms with E-state index in [9.17, 15) is 13.2 Å². The van der Waals surface area contributed by atoms with Crippen molar-refractivity contribution in [3.8, 4) is 5.95 Å². The van der Waals surface area contributed by atoms with Gasteiger partial charge in [0.1, 0.15) is 5.82 Å². The average molecular weight is 394 g/mol. The van der Waals surface area contributed by atoms with Gasteiger partial charge in [-0.1, -0.05) is 6.08 Å². The Bertz CT molecular complexity index is 858. The maximum atomic E-state index is 13.7. The number of anilines is 1. The zero-order valence-electron chi connectivity index (χ0n) is 15.2. The summed E-state index contributed by atoms with van der Waals surface area (Å²) < 4.78 is 47.3. The molecule has 1 fully saturated rings. The summed E-state index contributed by atoms with van der Waals surface area (Å²) in [7, 11) is 0. The molecule has 2 aliphatic rings. The number of hydrogen-bond donors (Lipinski definition) is 1. The summed E-state index contributed by atoms with van der Waals surface area (Å²) in [5, 5.41) is 3.71. The van der Waals surface area contributed by atoms with E-state index in [0.717, 1.165) is 24.2 Å². The quantitative estimate of drug-likeness (QED) is 0.862. The largest absolute Gasteiger partial charge is 0.435 e. The molecule has 1 saturated heterocycles. The van der Waals surface area contributed by atoms with Crippen molar-refractivity contribution in [1.82, 2.24) is 24.6 Å². The van der Waals surface area contributed by atoms with E-state index >= 15 is 0 Å². The van der Waals surface area contributed by atoms with Gasteiger partial charge in [-0.25, -0.2) is 9.97 Å². The maximum Gasteiger partial charge on any atom is 0.435 e. The zero-order valence-corrected chi connectivity index (χ0v) is 15.2. The lowest BCUT2D eigenvalue weighted by atomic mass is 9.89. The van der Waals surface area contributed by atoms with Crippen LogP contribution in [0.25, 0.3) is 11.5 Å². The molecule has 0 spiro atoms. The summed E-state index contributed by atoms with van der Waals surface area (Å²) in [6, 6.07) is 1.89. The molecule has 0 amide bonds. The molecule has 2 N–H and O–H groups in total. The van der Waals surface area contributed by atoms with Crippen LogP contribution in [0.4, 0.5) is 19.0 Å². The van der Waals surface area contributed by atoms with Crippen LogP contribution in [0.5, 0.6) is 0 Å². The first kappa shape index (κ1) is 18.9. The van der Waals surface area contributed by atoms with Crippen molar-refractivity contribution in [1.29, 1.82) is 0 Å². The van der Waals surface area contributed by atoms with Gasteiger partial charge in [-0.15, -0.1) is 0 Å². The van der Waals surface area contributed by atoms with Gasteiger partial charge in [0.2, 0.25) is 0 Å². The highest BCUT2D eigenvalue weighted by Gasteiger charge is 2.41. The Kier molecular flexibility index (Phi) is 5.07. The van der Waals surface area contributed by atoms with Crippen LogP contribution in [0.1, 0.15) is 30.5 Å². The summed E-state index contributed by atoms with van der Waals surface area (Å²) in [6.45, 7) is 3.10. The van der Waals surface area contributed by atoms with Crippen LogP contribution >= 0.6 is 0 Å². The zero-order chi connectivity index (χ0) is 19.7. The van der Waals surface area contributed by atoms with Crippen molar-refractivity contribution >= 4 is 11.4 Å². The van der Waals surface area contributed by atoms with Crippen LogP contribution < -0.4 is 5.73 Å². The molecule has 7 nitrogen and oxygen atoms in total. The van der Waals surface area contributed by atoms with Crippen molar-refractivity contribution in [3.05, 3.63) is 35.8 Å². The van der Waals surface area contributed by atoms with Crippen molar-refractivity contribution in [2.45, 2.75) is 31.5 Å². The second kappa shape index (κ2) is 7.51. The van der Waals surface area contributed by atoms with E-state index < -0.39 is 11.9 Å². The lowest BCUT2D eigenvalue weighted by molar-refractivity contribution is -0.141. The first-order valence-electron chi connectivity index (χ1n) is 9.19. The number of nitrogens with two attached hydrogens (primary N) is 1. The molecule has 0 bridgehead atoms. The smallest absolute Gasteiger partial charge is 0.383 e. The molecule has 1 atom stereocenters. The van der Waals surface area contributed by atoms with Crippen molar-refractivity contribution in [2.75, 3.05) is 32.0 Å². The Labute approximate surface area is 160 Å². The monoisotopic (exact) mass is 394 g/mol. The number of rotatable bonds is 3. The lowest BCUT2D eigenvalue weighted by Gasteiger charge is -2.36. The van der Waals surface area contributed by atoms with Gasteiger partial charge < -0.3 is 10.5 Å². The fourth-order valence-electron chi connectivity index (χ4n) is 3.82. The first-order valence-corrected chi connectivity index (χ1v) is 9.19. The fraction of sp³-hybridized carbons (Fsp3) is 0.500. The second-order valence-electron chi connectivity index (χ2n) is 6.87. The number of nitrogen functional groups attached to an aromatic ring is 1. The number of morpholine rings is 1. The number of alkyl halides is 3. The lowest BCUT2D eigenvalue weighted by Crippen LogP contribution is -2.44. The second-order valence-corrected chi connectivity index (χ2v) is 6.87. The highest BCUT2D eigenvalue weighted by atomic mass is 19.4. The van der Waals surface area contributed by atoms with Gasteiger partial charge in [-0.2, -0.15) is 23.0 Å². The molecule has 0 aromatic carbocycles. The molecule has 0 radical (unpaired) electrons. The van der Waals surface area contributed by atoms with Gasteiger partial charge in [0.25, 0.3) is 5.95 Å². The molecule has 3 heterocycles. The Morgan fingerprint density at radius 2 is 1.86 bits per heavy atom. The minimum absolute atomic E-state index is 0.0133. The summed E-state index contributed by atoms with van der Waals surface area (Å²) in [5.74, 6) is -0.0750. The number of hydrogen-bond acceptors (Lipinski definition) is 6. The molecular formula is C18H21F3N6O. The summed E-state index contributed by atoms with van der Waals surface area (Å²) in [4.78, 5) is 10.3. The Morgan fingerprint density at radius 3 is 2.46 bits per heavy atom.